The predicted molar refractivity (Wildman–Crippen MR) is 100 cm³/mol. The van der Waals surface area contributed by atoms with Crippen molar-refractivity contribution in [3.63, 3.8) is 0 Å². The number of hydrogen-bond donors (Lipinski definition) is 2. The second kappa shape index (κ2) is 7.40. The molecule has 0 aliphatic carbocycles. The molecule has 7 nitrogen and oxygen atoms in total. The van der Waals surface area contributed by atoms with E-state index in [1.165, 1.54) is 4.90 Å². The Balaban J connectivity index is 2.19. The number of hydrogen-bond acceptors (Lipinski definition) is 6. The summed E-state index contributed by atoms with van der Waals surface area (Å²) in [6.45, 7) is 5.86. The Labute approximate surface area is 155 Å². The van der Waals surface area contributed by atoms with Gasteiger partial charge in [-0.3, -0.25) is 4.90 Å². The third-order valence-corrected chi connectivity index (χ3v) is 4.61. The number of pyridine rings is 1. The lowest BCUT2D eigenvalue weighted by atomic mass is 10.2. The van der Waals surface area contributed by atoms with Crippen molar-refractivity contribution >= 4 is 40.2 Å². The van der Waals surface area contributed by atoms with E-state index in [2.05, 4.69) is 27.6 Å². The maximum absolute atomic E-state index is 12.2. The van der Waals surface area contributed by atoms with Crippen LogP contribution >= 0.6 is 22.6 Å². The standard InChI is InChI=1S/C16H24IN3O4/c1-16(2,3)24-15(23)19(4)13-7-18-14(6-12(13)17)20-8-11(22)5-10(20)9-21/h6-7,10-11,21-22H,5,8-9H2,1-4H3. The van der Waals surface area contributed by atoms with Crippen molar-refractivity contribution < 1.29 is 19.7 Å². The van der Waals surface area contributed by atoms with Crippen molar-refractivity contribution in [3.05, 3.63) is 15.8 Å². The summed E-state index contributed by atoms with van der Waals surface area (Å²) in [6, 6.07) is 1.70. The van der Waals surface area contributed by atoms with Crippen LogP contribution in [0.4, 0.5) is 16.3 Å². The number of ether oxygens (including phenoxy) is 1. The molecule has 1 aliphatic heterocycles. The molecule has 2 heterocycles. The van der Waals surface area contributed by atoms with Crippen LogP contribution in [-0.4, -0.2) is 59.2 Å². The maximum atomic E-state index is 12.2. The van der Waals surface area contributed by atoms with Gasteiger partial charge in [0.15, 0.2) is 0 Å². The molecule has 1 saturated heterocycles. The van der Waals surface area contributed by atoms with Crippen molar-refractivity contribution in [1.82, 2.24) is 4.98 Å². The molecule has 24 heavy (non-hydrogen) atoms. The van der Waals surface area contributed by atoms with E-state index in [9.17, 15) is 15.0 Å². The first-order valence-electron chi connectivity index (χ1n) is 7.80. The first-order chi connectivity index (χ1) is 11.1. The number of aliphatic hydroxyl groups excluding tert-OH is 2. The number of amides is 1. The molecule has 2 unspecified atom stereocenters. The minimum absolute atomic E-state index is 0.0329. The average Bonchev–Trinajstić information content (AvgIpc) is 2.85. The minimum Gasteiger partial charge on any atom is -0.443 e. The molecule has 134 valence electrons. The van der Waals surface area contributed by atoms with Crippen LogP contribution in [0.25, 0.3) is 0 Å². The molecule has 1 fully saturated rings. The van der Waals surface area contributed by atoms with Crippen LogP contribution in [0.15, 0.2) is 12.3 Å². The zero-order valence-corrected chi connectivity index (χ0v) is 16.5. The monoisotopic (exact) mass is 449 g/mol. The van der Waals surface area contributed by atoms with Crippen molar-refractivity contribution in [1.29, 1.82) is 0 Å². The average molecular weight is 449 g/mol. The van der Waals surface area contributed by atoms with Crippen LogP contribution < -0.4 is 9.80 Å². The van der Waals surface area contributed by atoms with Gasteiger partial charge < -0.3 is 19.8 Å². The lowest BCUT2D eigenvalue weighted by molar-refractivity contribution is 0.0589. The summed E-state index contributed by atoms with van der Waals surface area (Å²) in [5.41, 5.74) is 0.0818. The molecule has 0 bridgehead atoms. The van der Waals surface area contributed by atoms with Crippen molar-refractivity contribution in [2.24, 2.45) is 0 Å². The van der Waals surface area contributed by atoms with Crippen LogP contribution in [0.3, 0.4) is 0 Å². The second-order valence-corrected chi connectivity index (χ2v) is 8.07. The quantitative estimate of drug-likeness (QED) is 0.687. The van der Waals surface area contributed by atoms with Gasteiger partial charge >= 0.3 is 6.09 Å². The van der Waals surface area contributed by atoms with Gasteiger partial charge in [0.25, 0.3) is 0 Å². The maximum Gasteiger partial charge on any atom is 0.414 e. The van der Waals surface area contributed by atoms with Gasteiger partial charge in [-0.1, -0.05) is 0 Å². The van der Waals surface area contributed by atoms with Gasteiger partial charge in [0.1, 0.15) is 11.4 Å². The normalized spacial score (nSPS) is 21.0. The number of anilines is 2. The van der Waals surface area contributed by atoms with Crippen molar-refractivity contribution in [2.75, 3.05) is 30.0 Å². The molecule has 0 radical (unpaired) electrons. The number of carbonyl (C=O) groups excluding carboxylic acids is 1. The highest BCUT2D eigenvalue weighted by Crippen LogP contribution is 2.29. The topological polar surface area (TPSA) is 86.1 Å². The number of β-amino-alcohol motifs (C(OH)–C–C–N with tert-alkyl or cyclic N) is 1. The fraction of sp³-hybridized carbons (Fsp3) is 0.625. The molecule has 2 atom stereocenters. The third kappa shape index (κ3) is 4.48. The Morgan fingerprint density at radius 2 is 2.21 bits per heavy atom. The molecule has 1 aromatic rings. The fourth-order valence-electron chi connectivity index (χ4n) is 2.59. The van der Waals surface area contributed by atoms with Crippen LogP contribution in [-0.2, 0) is 4.74 Å². The third-order valence-electron chi connectivity index (χ3n) is 3.75. The first-order valence-corrected chi connectivity index (χ1v) is 8.88. The van der Waals surface area contributed by atoms with Gasteiger partial charge in [-0.25, -0.2) is 9.78 Å². The molecular weight excluding hydrogens is 425 g/mol. The number of carbonyl (C=O) groups is 1. The summed E-state index contributed by atoms with van der Waals surface area (Å²) >= 11 is 2.14. The molecule has 1 aliphatic rings. The molecule has 2 rings (SSSR count). The molecule has 2 N–H and O–H groups in total. The molecule has 1 amide bonds. The summed E-state index contributed by atoms with van der Waals surface area (Å²) in [4.78, 5) is 19.9. The zero-order chi connectivity index (χ0) is 18.1. The predicted octanol–water partition coefficient (Wildman–Crippen LogP) is 1.99. The van der Waals surface area contributed by atoms with Gasteiger partial charge in [-0.05, 0) is 55.8 Å². The fourth-order valence-corrected chi connectivity index (χ4v) is 3.37. The van der Waals surface area contributed by atoms with Gasteiger partial charge in [-0.2, -0.15) is 0 Å². The minimum atomic E-state index is -0.565. The summed E-state index contributed by atoms with van der Waals surface area (Å²) in [5.74, 6) is 0.677. The largest absolute Gasteiger partial charge is 0.443 e. The van der Waals surface area contributed by atoms with Gasteiger partial charge in [-0.15, -0.1) is 0 Å². The Hall–Kier alpha value is -1.13. The van der Waals surface area contributed by atoms with E-state index < -0.39 is 17.8 Å². The van der Waals surface area contributed by atoms with Crippen molar-refractivity contribution in [2.45, 2.75) is 44.9 Å². The number of nitrogens with zero attached hydrogens (tertiary/aromatic N) is 3. The van der Waals surface area contributed by atoms with Gasteiger partial charge in [0.2, 0.25) is 0 Å². The Bertz CT molecular complexity index is 605. The van der Waals surface area contributed by atoms with Gasteiger partial charge in [0, 0.05) is 17.2 Å². The van der Waals surface area contributed by atoms with Crippen LogP contribution in [0.1, 0.15) is 27.2 Å². The Morgan fingerprint density at radius 3 is 2.75 bits per heavy atom. The van der Waals surface area contributed by atoms with E-state index >= 15 is 0 Å². The number of rotatable bonds is 3. The second-order valence-electron chi connectivity index (χ2n) is 6.91. The molecule has 0 aromatic carbocycles. The lowest BCUT2D eigenvalue weighted by Crippen LogP contribution is -2.35. The van der Waals surface area contributed by atoms with E-state index in [1.807, 2.05) is 31.7 Å². The smallest absolute Gasteiger partial charge is 0.414 e. The first kappa shape index (κ1) is 19.2. The summed E-state index contributed by atoms with van der Waals surface area (Å²) < 4.78 is 6.20. The molecule has 0 spiro atoms. The number of aliphatic hydroxyl groups is 2. The highest BCUT2D eigenvalue weighted by molar-refractivity contribution is 14.1. The van der Waals surface area contributed by atoms with Crippen LogP contribution in [0.2, 0.25) is 0 Å². The number of halogens is 1. The summed E-state index contributed by atoms with van der Waals surface area (Å²) in [6.07, 6.45) is 1.22. The molecular formula is C16H24IN3O4. The van der Waals surface area contributed by atoms with Crippen molar-refractivity contribution in [3.8, 4) is 0 Å². The zero-order valence-electron chi connectivity index (χ0n) is 14.4. The SMILES string of the molecule is CN(C(=O)OC(C)(C)C)c1cnc(N2CC(O)CC2CO)cc1I. The van der Waals surface area contributed by atoms with Gasteiger partial charge in [0.05, 0.1) is 30.6 Å². The van der Waals surface area contributed by atoms with E-state index in [0.717, 1.165) is 3.57 Å². The Morgan fingerprint density at radius 1 is 1.54 bits per heavy atom. The molecule has 0 saturated carbocycles. The number of aromatic nitrogens is 1. The van der Waals surface area contributed by atoms with Crippen LogP contribution in [0, 0.1) is 3.57 Å². The Kier molecular flexibility index (Phi) is 5.92. The molecule has 1 aromatic heterocycles. The highest BCUT2D eigenvalue weighted by atomic mass is 127. The van der Waals surface area contributed by atoms with Crippen LogP contribution in [0.5, 0.6) is 0 Å². The summed E-state index contributed by atoms with van der Waals surface area (Å²) in [5, 5.41) is 19.3. The molecule has 8 heteroatoms. The summed E-state index contributed by atoms with van der Waals surface area (Å²) in [7, 11) is 1.64. The van der Waals surface area contributed by atoms with E-state index in [-0.39, 0.29) is 12.6 Å². The highest BCUT2D eigenvalue weighted by Gasteiger charge is 2.32. The van der Waals surface area contributed by atoms with E-state index in [0.29, 0.717) is 24.5 Å². The lowest BCUT2D eigenvalue weighted by Gasteiger charge is -2.27. The van der Waals surface area contributed by atoms with E-state index in [1.54, 1.807) is 13.2 Å². The van der Waals surface area contributed by atoms with E-state index in [4.69, 9.17) is 4.74 Å².